The summed E-state index contributed by atoms with van der Waals surface area (Å²) >= 11 is 0. The maximum absolute atomic E-state index is 12.3. The first-order chi connectivity index (χ1) is 20.1. The van der Waals surface area contributed by atoms with Crippen molar-refractivity contribution in [2.75, 3.05) is 6.61 Å². The molecule has 41 heavy (non-hydrogen) atoms. The van der Waals surface area contributed by atoms with E-state index in [1.54, 1.807) is 25.1 Å². The lowest BCUT2D eigenvalue weighted by Gasteiger charge is -2.08. The van der Waals surface area contributed by atoms with Gasteiger partial charge in [-0.15, -0.1) is 0 Å². The van der Waals surface area contributed by atoms with Crippen molar-refractivity contribution in [3.63, 3.8) is 0 Å². The fraction of sp³-hybridized carbons (Fsp3) is 0.0882. The van der Waals surface area contributed by atoms with Crippen molar-refractivity contribution in [3.8, 4) is 17.3 Å². The number of carbonyl (C=O) groups is 1. The van der Waals surface area contributed by atoms with E-state index in [4.69, 9.17) is 9.73 Å². The van der Waals surface area contributed by atoms with Crippen LogP contribution in [0.5, 0.6) is 5.88 Å². The van der Waals surface area contributed by atoms with Gasteiger partial charge in [-0.3, -0.25) is 0 Å². The number of benzene rings is 4. The molecule has 0 aliphatic carbocycles. The lowest BCUT2D eigenvalue weighted by atomic mass is 10.00. The quantitative estimate of drug-likeness (QED) is 0.140. The van der Waals surface area contributed by atoms with Crippen molar-refractivity contribution in [2.45, 2.75) is 13.3 Å². The van der Waals surface area contributed by atoms with Gasteiger partial charge in [0.05, 0.1) is 29.1 Å². The van der Waals surface area contributed by atoms with E-state index in [0.717, 1.165) is 40.1 Å². The molecular formula is C34H28N4O3. The van der Waals surface area contributed by atoms with Crippen molar-refractivity contribution < 1.29 is 14.6 Å². The number of fused-ring (bicyclic) bond motifs is 1. The summed E-state index contributed by atoms with van der Waals surface area (Å²) < 4.78 is 5.13. The molecule has 0 bridgehead atoms. The Morgan fingerprint density at radius 3 is 2.34 bits per heavy atom. The molecule has 7 nitrogen and oxygen atoms in total. The number of nitrogens with zero attached hydrogens (tertiary/aromatic N) is 2. The number of carbonyl (C=O) groups excluding carboxylic acids is 1. The average molecular weight is 541 g/mol. The number of imidazole rings is 1. The standard InChI is InChI=1S/C34H28N4O3/c1-2-41-34(40)25-15-18-28-29(20-25)38-33(39)30(28)31(23-11-7-4-8-12-23)36-26-16-13-24(14-17-26)32-35-21-27(37-32)19-22-9-5-3-6-10-22/h3-18,20-21,38-39H,2,19H2,1H3,(H,35,37). The van der Waals surface area contributed by atoms with Crippen LogP contribution in [0, 0.1) is 0 Å². The summed E-state index contributed by atoms with van der Waals surface area (Å²) in [5.74, 6) is 0.356. The Hall–Kier alpha value is -5.43. The highest BCUT2D eigenvalue weighted by Crippen LogP contribution is 2.32. The number of H-pyrrole nitrogens is 2. The van der Waals surface area contributed by atoms with Crippen LogP contribution in [0.15, 0.2) is 114 Å². The first kappa shape index (κ1) is 25.8. The Morgan fingerprint density at radius 2 is 1.61 bits per heavy atom. The number of aromatic amines is 2. The monoisotopic (exact) mass is 540 g/mol. The van der Waals surface area contributed by atoms with E-state index < -0.39 is 5.97 Å². The molecule has 0 atom stereocenters. The minimum Gasteiger partial charge on any atom is -0.494 e. The molecule has 202 valence electrons. The fourth-order valence-electron chi connectivity index (χ4n) is 4.86. The third-order valence-corrected chi connectivity index (χ3v) is 6.82. The van der Waals surface area contributed by atoms with Gasteiger partial charge in [-0.05, 0) is 48.9 Å². The summed E-state index contributed by atoms with van der Waals surface area (Å²) in [6.07, 6.45) is 2.65. The Morgan fingerprint density at radius 1 is 0.878 bits per heavy atom. The molecule has 0 radical (unpaired) electrons. The van der Waals surface area contributed by atoms with Gasteiger partial charge in [0.1, 0.15) is 5.82 Å². The summed E-state index contributed by atoms with van der Waals surface area (Å²) in [7, 11) is 0. The molecule has 0 unspecified atom stereocenters. The Kier molecular flexibility index (Phi) is 7.15. The molecule has 0 aliphatic rings. The molecular weight excluding hydrogens is 512 g/mol. The van der Waals surface area contributed by atoms with Crippen LogP contribution in [0.4, 0.5) is 5.69 Å². The van der Waals surface area contributed by atoms with Gasteiger partial charge in [-0.25, -0.2) is 14.8 Å². The summed E-state index contributed by atoms with van der Waals surface area (Å²) in [4.78, 5) is 28.2. The maximum atomic E-state index is 12.3. The molecule has 3 N–H and O–H groups in total. The minimum atomic E-state index is -0.411. The molecule has 0 fully saturated rings. The van der Waals surface area contributed by atoms with E-state index in [1.165, 1.54) is 5.56 Å². The summed E-state index contributed by atoms with van der Waals surface area (Å²) in [5, 5.41) is 11.8. The van der Waals surface area contributed by atoms with Crippen LogP contribution < -0.4 is 0 Å². The van der Waals surface area contributed by atoms with Crippen molar-refractivity contribution in [1.82, 2.24) is 15.0 Å². The van der Waals surface area contributed by atoms with Gasteiger partial charge >= 0.3 is 5.97 Å². The highest BCUT2D eigenvalue weighted by Gasteiger charge is 2.20. The summed E-state index contributed by atoms with van der Waals surface area (Å²) in [6.45, 7) is 2.05. The zero-order chi connectivity index (χ0) is 28.2. The van der Waals surface area contributed by atoms with Crippen molar-refractivity contribution in [3.05, 3.63) is 137 Å². The Balaban J connectivity index is 1.34. The predicted octanol–water partition coefficient (Wildman–Crippen LogP) is 7.20. The van der Waals surface area contributed by atoms with Crippen molar-refractivity contribution in [2.24, 2.45) is 4.99 Å². The second kappa shape index (κ2) is 11.4. The van der Waals surface area contributed by atoms with E-state index >= 15 is 0 Å². The molecule has 7 heteroatoms. The van der Waals surface area contributed by atoms with Crippen LogP contribution in [0.1, 0.15) is 39.7 Å². The summed E-state index contributed by atoms with van der Waals surface area (Å²) in [6, 6.07) is 33.0. The molecule has 0 saturated carbocycles. The van der Waals surface area contributed by atoms with Gasteiger partial charge in [-0.2, -0.15) is 0 Å². The van der Waals surface area contributed by atoms with Crippen molar-refractivity contribution in [1.29, 1.82) is 0 Å². The average Bonchev–Trinajstić information content (AvgIpc) is 3.60. The maximum Gasteiger partial charge on any atom is 0.338 e. The minimum absolute atomic E-state index is 0.0261. The van der Waals surface area contributed by atoms with Crippen LogP contribution in [-0.4, -0.2) is 38.3 Å². The van der Waals surface area contributed by atoms with E-state index in [9.17, 15) is 9.90 Å². The lowest BCUT2D eigenvalue weighted by Crippen LogP contribution is -2.05. The highest BCUT2D eigenvalue weighted by atomic mass is 16.5. The van der Waals surface area contributed by atoms with E-state index in [0.29, 0.717) is 22.4 Å². The molecule has 0 amide bonds. The van der Waals surface area contributed by atoms with Gasteiger partial charge < -0.3 is 19.8 Å². The second-order valence-electron chi connectivity index (χ2n) is 9.62. The van der Waals surface area contributed by atoms with Crippen molar-refractivity contribution >= 4 is 28.3 Å². The number of hydrogen-bond acceptors (Lipinski definition) is 5. The zero-order valence-corrected chi connectivity index (χ0v) is 22.5. The van der Waals surface area contributed by atoms with E-state index in [2.05, 4.69) is 27.1 Å². The normalized spacial score (nSPS) is 11.6. The zero-order valence-electron chi connectivity index (χ0n) is 22.5. The number of nitrogens with one attached hydrogen (secondary N) is 2. The smallest absolute Gasteiger partial charge is 0.338 e. The molecule has 0 saturated heterocycles. The first-order valence-corrected chi connectivity index (χ1v) is 13.4. The van der Waals surface area contributed by atoms with Crippen LogP contribution in [0.2, 0.25) is 0 Å². The predicted molar refractivity (Wildman–Crippen MR) is 161 cm³/mol. The SMILES string of the molecule is CCOC(=O)c1ccc2c(C(=Nc3ccc(-c4ncc(Cc5ccccc5)[nH]4)cc3)c3ccccc3)c(O)[nH]c2c1. The van der Waals surface area contributed by atoms with Crippen LogP contribution in [-0.2, 0) is 11.2 Å². The van der Waals surface area contributed by atoms with Crippen LogP contribution in [0.25, 0.3) is 22.3 Å². The third-order valence-electron chi connectivity index (χ3n) is 6.82. The number of rotatable bonds is 8. The number of hydrogen-bond donors (Lipinski definition) is 3. The summed E-state index contributed by atoms with van der Waals surface area (Å²) in [5.41, 5.74) is 6.97. The van der Waals surface area contributed by atoms with E-state index in [-0.39, 0.29) is 12.5 Å². The molecule has 6 aromatic rings. The molecule has 6 rings (SSSR count). The molecule has 0 aliphatic heterocycles. The van der Waals surface area contributed by atoms with Gasteiger partial charge in [0.2, 0.25) is 0 Å². The molecule has 0 spiro atoms. The number of ether oxygens (including phenoxy) is 1. The molecule has 2 heterocycles. The van der Waals surface area contributed by atoms with Gasteiger partial charge in [-0.1, -0.05) is 66.7 Å². The van der Waals surface area contributed by atoms with Crippen LogP contribution >= 0.6 is 0 Å². The molecule has 4 aromatic carbocycles. The number of esters is 1. The molecule has 2 aromatic heterocycles. The number of aliphatic imine (C=N–C) groups is 1. The topological polar surface area (TPSA) is 103 Å². The third kappa shape index (κ3) is 5.51. The van der Waals surface area contributed by atoms with E-state index in [1.807, 2.05) is 79.0 Å². The second-order valence-corrected chi connectivity index (χ2v) is 9.62. The fourth-order valence-corrected chi connectivity index (χ4v) is 4.86. The van der Waals surface area contributed by atoms with Crippen LogP contribution in [0.3, 0.4) is 0 Å². The van der Waals surface area contributed by atoms with Gasteiger partial charge in [0.15, 0.2) is 5.88 Å². The van der Waals surface area contributed by atoms with Gasteiger partial charge in [0.25, 0.3) is 0 Å². The Bertz CT molecular complexity index is 1840. The Labute approximate surface area is 237 Å². The number of aromatic hydroxyl groups is 1. The number of aromatic nitrogens is 3. The largest absolute Gasteiger partial charge is 0.494 e. The lowest BCUT2D eigenvalue weighted by molar-refractivity contribution is 0.0526. The van der Waals surface area contributed by atoms with Gasteiger partial charge in [0, 0.05) is 40.3 Å². The highest BCUT2D eigenvalue weighted by molar-refractivity contribution is 6.22. The first-order valence-electron chi connectivity index (χ1n) is 13.4.